The van der Waals surface area contributed by atoms with E-state index in [0.717, 1.165) is 22.0 Å². The number of thiophene rings is 1. The number of hydrogen-bond acceptors (Lipinski definition) is 7. The second kappa shape index (κ2) is 5.53. The van der Waals surface area contributed by atoms with E-state index < -0.39 is 5.60 Å². The number of carbonyl (C=O) groups is 1. The second-order valence-corrected chi connectivity index (χ2v) is 6.83. The number of nitrogens with zero attached hydrogens (tertiary/aromatic N) is 3. The highest BCUT2D eigenvalue weighted by Crippen LogP contribution is 2.29. The lowest BCUT2D eigenvalue weighted by molar-refractivity contribution is -0.135. The SMILES string of the molecule is CCc1nnc(NC(=O)[C@@]2(C)CC(c3cccs3)=NO2)s1. The minimum Gasteiger partial charge on any atom is -0.379 e. The lowest BCUT2D eigenvalue weighted by Gasteiger charge is -2.19. The molecule has 0 radical (unpaired) electrons. The van der Waals surface area contributed by atoms with Gasteiger partial charge >= 0.3 is 0 Å². The van der Waals surface area contributed by atoms with Crippen LogP contribution in [0.5, 0.6) is 0 Å². The quantitative estimate of drug-likeness (QED) is 0.939. The van der Waals surface area contributed by atoms with Crippen LogP contribution in [0.3, 0.4) is 0 Å². The van der Waals surface area contributed by atoms with Gasteiger partial charge in [0, 0.05) is 6.42 Å². The summed E-state index contributed by atoms with van der Waals surface area (Å²) in [7, 11) is 0. The fraction of sp³-hybridized carbons (Fsp3) is 0.385. The Kier molecular flexibility index (Phi) is 3.73. The molecule has 21 heavy (non-hydrogen) atoms. The second-order valence-electron chi connectivity index (χ2n) is 4.82. The van der Waals surface area contributed by atoms with E-state index in [2.05, 4.69) is 20.7 Å². The molecular weight excluding hydrogens is 308 g/mol. The Bertz CT molecular complexity index is 680. The molecule has 1 atom stereocenters. The average Bonchev–Trinajstić information content (AvgIpc) is 3.18. The Morgan fingerprint density at radius 2 is 2.38 bits per heavy atom. The fourth-order valence-corrected chi connectivity index (χ4v) is 3.29. The molecule has 110 valence electrons. The van der Waals surface area contributed by atoms with Crippen molar-refractivity contribution in [2.75, 3.05) is 5.32 Å². The van der Waals surface area contributed by atoms with Gasteiger partial charge in [-0.25, -0.2) is 0 Å². The van der Waals surface area contributed by atoms with Crippen molar-refractivity contribution in [2.24, 2.45) is 5.16 Å². The highest BCUT2D eigenvalue weighted by Gasteiger charge is 2.42. The van der Waals surface area contributed by atoms with Crippen molar-refractivity contribution in [3.05, 3.63) is 27.4 Å². The highest BCUT2D eigenvalue weighted by atomic mass is 32.1. The first-order chi connectivity index (χ1) is 10.1. The molecular formula is C13H14N4O2S2. The first-order valence-electron chi connectivity index (χ1n) is 6.53. The molecule has 1 aliphatic rings. The number of rotatable bonds is 4. The number of aryl methyl sites for hydroxylation is 1. The van der Waals surface area contributed by atoms with Gasteiger partial charge in [-0.2, -0.15) is 0 Å². The summed E-state index contributed by atoms with van der Waals surface area (Å²) in [5.74, 6) is -0.253. The first-order valence-corrected chi connectivity index (χ1v) is 8.23. The third-order valence-corrected chi connectivity index (χ3v) is 5.04. The predicted octanol–water partition coefficient (Wildman–Crippen LogP) is 2.68. The molecule has 0 saturated carbocycles. The molecule has 0 unspecified atom stereocenters. The van der Waals surface area contributed by atoms with Crippen LogP contribution in [-0.4, -0.2) is 27.4 Å². The molecule has 0 aromatic carbocycles. The maximum atomic E-state index is 12.4. The van der Waals surface area contributed by atoms with Crippen LogP contribution in [0.4, 0.5) is 5.13 Å². The molecule has 2 aromatic rings. The van der Waals surface area contributed by atoms with Gasteiger partial charge in [-0.3, -0.25) is 10.1 Å². The molecule has 0 fully saturated rings. The lowest BCUT2D eigenvalue weighted by atomic mass is 9.98. The van der Waals surface area contributed by atoms with E-state index in [1.807, 2.05) is 24.4 Å². The molecule has 0 saturated heterocycles. The van der Waals surface area contributed by atoms with Crippen molar-refractivity contribution in [3.8, 4) is 0 Å². The molecule has 1 amide bonds. The monoisotopic (exact) mass is 322 g/mol. The van der Waals surface area contributed by atoms with Gasteiger partial charge in [0.25, 0.3) is 5.91 Å². The molecule has 1 N–H and O–H groups in total. The van der Waals surface area contributed by atoms with Crippen LogP contribution in [-0.2, 0) is 16.1 Å². The molecule has 2 aromatic heterocycles. The van der Waals surface area contributed by atoms with E-state index in [1.54, 1.807) is 18.3 Å². The van der Waals surface area contributed by atoms with Gasteiger partial charge in [0.1, 0.15) is 10.7 Å². The van der Waals surface area contributed by atoms with Crippen LogP contribution in [0.15, 0.2) is 22.7 Å². The number of amides is 1. The summed E-state index contributed by atoms with van der Waals surface area (Å²) in [5.41, 5.74) is -0.202. The van der Waals surface area contributed by atoms with Crippen LogP contribution >= 0.6 is 22.7 Å². The van der Waals surface area contributed by atoms with Crippen molar-refractivity contribution in [2.45, 2.75) is 32.3 Å². The molecule has 8 heteroatoms. The largest absolute Gasteiger partial charge is 0.379 e. The zero-order valence-corrected chi connectivity index (χ0v) is 13.3. The lowest BCUT2D eigenvalue weighted by Crippen LogP contribution is -2.40. The van der Waals surface area contributed by atoms with Gasteiger partial charge in [0.15, 0.2) is 0 Å². The topological polar surface area (TPSA) is 76.5 Å². The van der Waals surface area contributed by atoms with E-state index in [9.17, 15) is 4.79 Å². The van der Waals surface area contributed by atoms with Crippen LogP contribution < -0.4 is 5.32 Å². The van der Waals surface area contributed by atoms with Gasteiger partial charge in [-0.05, 0) is 24.8 Å². The summed E-state index contributed by atoms with van der Waals surface area (Å²) >= 11 is 2.95. The molecule has 3 rings (SSSR count). The minimum absolute atomic E-state index is 0.253. The average molecular weight is 322 g/mol. The summed E-state index contributed by atoms with van der Waals surface area (Å²) in [6.45, 7) is 3.73. The van der Waals surface area contributed by atoms with Crippen LogP contribution in [0.2, 0.25) is 0 Å². The first kappa shape index (κ1) is 14.2. The van der Waals surface area contributed by atoms with E-state index in [0.29, 0.717) is 11.6 Å². The highest BCUT2D eigenvalue weighted by molar-refractivity contribution is 7.15. The van der Waals surface area contributed by atoms with Gasteiger partial charge < -0.3 is 4.84 Å². The smallest absolute Gasteiger partial charge is 0.273 e. The molecule has 3 heterocycles. The number of anilines is 1. The van der Waals surface area contributed by atoms with Crippen molar-refractivity contribution in [3.63, 3.8) is 0 Å². The maximum absolute atomic E-state index is 12.4. The Hall–Kier alpha value is -1.80. The minimum atomic E-state index is -1.00. The third-order valence-electron chi connectivity index (χ3n) is 3.14. The van der Waals surface area contributed by atoms with Crippen LogP contribution in [0.25, 0.3) is 0 Å². The van der Waals surface area contributed by atoms with Crippen molar-refractivity contribution < 1.29 is 9.63 Å². The summed E-state index contributed by atoms with van der Waals surface area (Å²) in [6.07, 6.45) is 1.24. The van der Waals surface area contributed by atoms with Gasteiger partial charge in [0.05, 0.1) is 4.88 Å². The number of hydrogen-bond donors (Lipinski definition) is 1. The number of oxime groups is 1. The number of nitrogens with one attached hydrogen (secondary N) is 1. The third kappa shape index (κ3) is 2.81. The summed E-state index contributed by atoms with van der Waals surface area (Å²) in [6, 6.07) is 3.92. The molecule has 0 spiro atoms. The predicted molar refractivity (Wildman–Crippen MR) is 82.9 cm³/mol. The van der Waals surface area contributed by atoms with E-state index in [4.69, 9.17) is 4.84 Å². The molecule has 0 bridgehead atoms. The number of carbonyl (C=O) groups excluding carboxylic acids is 1. The number of aromatic nitrogens is 2. The van der Waals surface area contributed by atoms with Gasteiger partial charge in [-0.1, -0.05) is 29.5 Å². The molecule has 1 aliphatic heterocycles. The molecule has 6 nitrogen and oxygen atoms in total. The Balaban J connectivity index is 1.68. The Morgan fingerprint density at radius 3 is 3.05 bits per heavy atom. The maximum Gasteiger partial charge on any atom is 0.273 e. The van der Waals surface area contributed by atoms with Crippen LogP contribution in [0, 0.1) is 0 Å². The van der Waals surface area contributed by atoms with Crippen molar-refractivity contribution in [1.29, 1.82) is 0 Å². The molecule has 0 aliphatic carbocycles. The van der Waals surface area contributed by atoms with Gasteiger partial charge in [-0.15, -0.1) is 21.5 Å². The van der Waals surface area contributed by atoms with Crippen molar-refractivity contribution in [1.82, 2.24) is 10.2 Å². The normalized spacial score (nSPS) is 21.0. The summed E-state index contributed by atoms with van der Waals surface area (Å²) in [4.78, 5) is 18.8. The Morgan fingerprint density at radius 1 is 1.52 bits per heavy atom. The zero-order valence-electron chi connectivity index (χ0n) is 11.6. The summed E-state index contributed by atoms with van der Waals surface area (Å²) in [5, 5.41) is 18.1. The van der Waals surface area contributed by atoms with Crippen molar-refractivity contribution >= 4 is 39.4 Å². The van der Waals surface area contributed by atoms with Crippen LogP contribution in [0.1, 0.15) is 30.2 Å². The summed E-state index contributed by atoms with van der Waals surface area (Å²) < 4.78 is 0. The van der Waals surface area contributed by atoms with E-state index in [-0.39, 0.29) is 5.91 Å². The van der Waals surface area contributed by atoms with Gasteiger partial charge in [0.2, 0.25) is 10.7 Å². The Labute approximate surface area is 129 Å². The standard InChI is InChI=1S/C13H14N4O2S2/c1-3-10-15-16-12(21-10)14-11(18)13(2)7-8(17-19-13)9-5-4-6-20-9/h4-6H,3,7H2,1-2H3,(H,14,16,18)/t13-/m1/s1. The fourth-order valence-electron chi connectivity index (χ4n) is 1.91. The zero-order chi connectivity index (χ0) is 14.9. The van der Waals surface area contributed by atoms with E-state index >= 15 is 0 Å². The van der Waals surface area contributed by atoms with E-state index in [1.165, 1.54) is 11.3 Å².